The molecule has 0 heterocycles. The number of carbonyl (C=O) groups excluding carboxylic acids is 3. The van der Waals surface area contributed by atoms with Crippen LogP contribution >= 0.6 is 0 Å². The largest absolute Gasteiger partial charge is 0.463 e. The average molecular weight is 391 g/mol. The summed E-state index contributed by atoms with van der Waals surface area (Å²) in [4.78, 5) is 36.5. The van der Waals surface area contributed by atoms with Gasteiger partial charge in [0.1, 0.15) is 18.0 Å². The minimum Gasteiger partial charge on any atom is -0.463 e. The number of Topliss-reactive ketones (excluding diaryl/α,β-unsaturated/α-hetero) is 1. The van der Waals surface area contributed by atoms with Crippen LogP contribution in [0.15, 0.2) is 0 Å². The first-order valence-corrected chi connectivity index (χ1v) is 11.0. The number of esters is 2. The fourth-order valence-corrected chi connectivity index (χ4v) is 7.73. The molecule has 4 rings (SSSR count). The molecular weight excluding hydrogens is 356 g/mol. The van der Waals surface area contributed by atoms with Gasteiger partial charge < -0.3 is 9.47 Å². The fraction of sp³-hybridized carbons (Fsp3) is 0.870. The van der Waals surface area contributed by atoms with Crippen LogP contribution in [0, 0.1) is 34.5 Å². The number of rotatable bonds is 2. The molecule has 0 aromatic carbocycles. The smallest absolute Gasteiger partial charge is 0.302 e. The van der Waals surface area contributed by atoms with E-state index in [9.17, 15) is 14.4 Å². The van der Waals surface area contributed by atoms with Gasteiger partial charge in [-0.05, 0) is 68.1 Å². The molecule has 156 valence electrons. The third kappa shape index (κ3) is 3.00. The molecule has 8 atom stereocenters. The quantitative estimate of drug-likeness (QED) is 0.665. The van der Waals surface area contributed by atoms with E-state index >= 15 is 0 Å². The lowest BCUT2D eigenvalue weighted by Gasteiger charge is -2.59. The summed E-state index contributed by atoms with van der Waals surface area (Å²) in [6.07, 6.45) is 7.24. The molecular formula is C23H34O5. The lowest BCUT2D eigenvalue weighted by Crippen LogP contribution is -2.58. The first-order valence-electron chi connectivity index (χ1n) is 11.0. The van der Waals surface area contributed by atoms with Crippen molar-refractivity contribution in [3.05, 3.63) is 0 Å². The van der Waals surface area contributed by atoms with Gasteiger partial charge in [-0.15, -0.1) is 0 Å². The number of carbonyl (C=O) groups is 3. The van der Waals surface area contributed by atoms with Crippen molar-refractivity contribution in [1.29, 1.82) is 0 Å². The summed E-state index contributed by atoms with van der Waals surface area (Å²) >= 11 is 0. The van der Waals surface area contributed by atoms with Crippen LogP contribution in [0.25, 0.3) is 0 Å². The Balaban J connectivity index is 1.57. The molecule has 0 radical (unpaired) electrons. The molecule has 0 N–H and O–H groups in total. The van der Waals surface area contributed by atoms with Gasteiger partial charge in [0.05, 0.1) is 0 Å². The molecule has 0 spiro atoms. The van der Waals surface area contributed by atoms with E-state index in [-0.39, 0.29) is 40.9 Å². The zero-order valence-corrected chi connectivity index (χ0v) is 17.7. The van der Waals surface area contributed by atoms with Crippen molar-refractivity contribution >= 4 is 17.7 Å². The normalized spacial score (nSPS) is 47.5. The van der Waals surface area contributed by atoms with Crippen LogP contribution in [0.4, 0.5) is 0 Å². The fourth-order valence-electron chi connectivity index (χ4n) is 7.73. The van der Waals surface area contributed by atoms with E-state index < -0.39 is 0 Å². The molecule has 0 aromatic rings. The second-order valence-corrected chi connectivity index (χ2v) is 10.4. The van der Waals surface area contributed by atoms with Crippen LogP contribution in [0.3, 0.4) is 0 Å². The van der Waals surface area contributed by atoms with E-state index in [4.69, 9.17) is 9.47 Å². The van der Waals surface area contributed by atoms with Gasteiger partial charge in [-0.25, -0.2) is 0 Å². The van der Waals surface area contributed by atoms with Gasteiger partial charge in [0, 0.05) is 31.6 Å². The summed E-state index contributed by atoms with van der Waals surface area (Å²) in [5.41, 5.74) is -0.195. The Hall–Kier alpha value is -1.39. The Kier molecular flexibility index (Phi) is 4.86. The molecule has 0 aromatic heterocycles. The van der Waals surface area contributed by atoms with Gasteiger partial charge in [0.15, 0.2) is 0 Å². The van der Waals surface area contributed by atoms with Gasteiger partial charge in [-0.2, -0.15) is 0 Å². The standard InChI is InChI=1S/C23H34O5/c1-13(24)27-16-9-10-22(3)15(11-16)5-6-17-18-7-8-20(28-14(2)25)23(18,4)12-19(26)21(17)22/h15-18,20-21H,5-12H2,1-4H3/t15-,16?,17?,18?,20?,21?,22?,23?/m0/s1. The van der Waals surface area contributed by atoms with Gasteiger partial charge in [0.25, 0.3) is 0 Å². The molecule has 4 saturated carbocycles. The van der Waals surface area contributed by atoms with Crippen molar-refractivity contribution in [2.45, 2.75) is 91.3 Å². The van der Waals surface area contributed by atoms with Crippen LogP contribution in [-0.2, 0) is 23.9 Å². The first kappa shape index (κ1) is 19.9. The summed E-state index contributed by atoms with van der Waals surface area (Å²) in [5.74, 6) is 1.36. The number of fused-ring (bicyclic) bond motifs is 5. The van der Waals surface area contributed by atoms with Crippen LogP contribution in [0.2, 0.25) is 0 Å². The zero-order valence-electron chi connectivity index (χ0n) is 17.7. The van der Waals surface area contributed by atoms with E-state index in [1.165, 1.54) is 13.8 Å². The molecule has 28 heavy (non-hydrogen) atoms. The van der Waals surface area contributed by atoms with E-state index in [1.807, 2.05) is 0 Å². The minimum absolute atomic E-state index is 0.0101. The number of hydrogen-bond acceptors (Lipinski definition) is 5. The Morgan fingerprint density at radius 2 is 1.64 bits per heavy atom. The maximum Gasteiger partial charge on any atom is 0.302 e. The van der Waals surface area contributed by atoms with Gasteiger partial charge in [-0.3, -0.25) is 14.4 Å². The maximum absolute atomic E-state index is 13.5. The highest BCUT2D eigenvalue weighted by Gasteiger charge is 2.64. The second kappa shape index (κ2) is 6.84. The molecule has 5 heteroatoms. The summed E-state index contributed by atoms with van der Waals surface area (Å²) in [5, 5.41) is 0. The molecule has 7 unspecified atom stereocenters. The summed E-state index contributed by atoms with van der Waals surface area (Å²) in [7, 11) is 0. The number of hydrogen-bond donors (Lipinski definition) is 0. The Bertz CT molecular complexity index is 686. The lowest BCUT2D eigenvalue weighted by atomic mass is 9.44. The Morgan fingerprint density at radius 3 is 2.32 bits per heavy atom. The highest BCUT2D eigenvalue weighted by atomic mass is 16.5. The third-order valence-electron chi connectivity index (χ3n) is 8.85. The highest BCUT2D eigenvalue weighted by Crippen LogP contribution is 2.65. The van der Waals surface area contributed by atoms with Gasteiger partial charge >= 0.3 is 11.9 Å². The third-order valence-corrected chi connectivity index (χ3v) is 8.85. The Morgan fingerprint density at radius 1 is 0.929 bits per heavy atom. The van der Waals surface area contributed by atoms with Crippen LogP contribution in [0.5, 0.6) is 0 Å². The van der Waals surface area contributed by atoms with Crippen LogP contribution < -0.4 is 0 Å². The van der Waals surface area contributed by atoms with Crippen molar-refractivity contribution in [3.63, 3.8) is 0 Å². The molecule has 0 aliphatic heterocycles. The molecule has 4 aliphatic rings. The predicted octanol–water partition coefficient (Wildman–Crippen LogP) is 4.07. The lowest BCUT2D eigenvalue weighted by molar-refractivity contribution is -0.175. The number of ether oxygens (including phenoxy) is 2. The van der Waals surface area contributed by atoms with E-state index in [1.54, 1.807) is 0 Å². The summed E-state index contributed by atoms with van der Waals surface area (Å²) in [6.45, 7) is 7.45. The molecule has 0 saturated heterocycles. The zero-order chi connectivity index (χ0) is 20.3. The average Bonchev–Trinajstić information content (AvgIpc) is 2.90. The molecule has 0 amide bonds. The topological polar surface area (TPSA) is 69.7 Å². The molecule has 5 nitrogen and oxygen atoms in total. The number of ketones is 1. The van der Waals surface area contributed by atoms with Crippen LogP contribution in [-0.4, -0.2) is 29.9 Å². The van der Waals surface area contributed by atoms with Crippen molar-refractivity contribution in [1.82, 2.24) is 0 Å². The van der Waals surface area contributed by atoms with Gasteiger partial charge in [-0.1, -0.05) is 13.8 Å². The second-order valence-electron chi connectivity index (χ2n) is 10.4. The monoisotopic (exact) mass is 390 g/mol. The van der Waals surface area contributed by atoms with E-state index in [2.05, 4.69) is 13.8 Å². The van der Waals surface area contributed by atoms with Crippen molar-refractivity contribution in [3.8, 4) is 0 Å². The van der Waals surface area contributed by atoms with E-state index in [0.717, 1.165) is 44.9 Å². The van der Waals surface area contributed by atoms with Crippen molar-refractivity contribution in [2.75, 3.05) is 0 Å². The minimum atomic E-state index is -0.235. The predicted molar refractivity (Wildman–Crippen MR) is 103 cm³/mol. The summed E-state index contributed by atoms with van der Waals surface area (Å²) in [6, 6.07) is 0. The first-order chi connectivity index (χ1) is 13.1. The molecule has 0 bridgehead atoms. The van der Waals surface area contributed by atoms with Crippen molar-refractivity contribution in [2.24, 2.45) is 34.5 Å². The SMILES string of the molecule is CC(=O)OC1CCC2(C)C3C(=O)CC4(C)C(OC(C)=O)CCC4C3CC[C@H]2C1. The van der Waals surface area contributed by atoms with Crippen molar-refractivity contribution < 1.29 is 23.9 Å². The molecule has 4 fully saturated rings. The summed E-state index contributed by atoms with van der Waals surface area (Å²) < 4.78 is 11.2. The maximum atomic E-state index is 13.5. The highest BCUT2D eigenvalue weighted by molar-refractivity contribution is 5.84. The van der Waals surface area contributed by atoms with Gasteiger partial charge in [0.2, 0.25) is 0 Å². The van der Waals surface area contributed by atoms with E-state index in [0.29, 0.717) is 30.0 Å². The molecule has 4 aliphatic carbocycles. The van der Waals surface area contributed by atoms with Crippen LogP contribution in [0.1, 0.15) is 79.1 Å². The Labute approximate surface area is 167 Å².